The maximum atomic E-state index is 14.3. The Morgan fingerprint density at radius 3 is 2.90 bits per heavy atom. The van der Waals surface area contributed by atoms with Crippen molar-refractivity contribution in [3.63, 3.8) is 0 Å². The zero-order valence-electron chi connectivity index (χ0n) is 10.9. The van der Waals surface area contributed by atoms with Crippen LogP contribution in [0, 0.1) is 5.82 Å². The maximum absolute atomic E-state index is 14.3. The molecule has 110 valence electrons. The van der Waals surface area contributed by atoms with Crippen molar-refractivity contribution in [1.29, 1.82) is 0 Å². The van der Waals surface area contributed by atoms with Crippen molar-refractivity contribution in [2.45, 2.75) is 17.0 Å². The highest BCUT2D eigenvalue weighted by atomic mass is 79.9. The molecule has 2 N–H and O–H groups in total. The molecule has 1 heterocycles. The minimum atomic E-state index is -0.573. The van der Waals surface area contributed by atoms with E-state index in [2.05, 4.69) is 15.9 Å². The first-order valence-corrected chi connectivity index (χ1v) is 8.51. The van der Waals surface area contributed by atoms with Gasteiger partial charge in [-0.2, -0.15) is 0 Å². The van der Waals surface area contributed by atoms with E-state index >= 15 is 0 Å². The molecule has 0 spiro atoms. The normalized spacial score (nSPS) is 18.8. The third kappa shape index (κ3) is 2.93. The molecule has 0 radical (unpaired) electrons. The Morgan fingerprint density at radius 2 is 2.10 bits per heavy atom. The molecule has 2 aromatic rings. The van der Waals surface area contributed by atoms with E-state index in [9.17, 15) is 4.39 Å². The highest BCUT2D eigenvalue weighted by Gasteiger charge is 2.29. The predicted molar refractivity (Wildman–Crippen MR) is 87.6 cm³/mol. The summed E-state index contributed by atoms with van der Waals surface area (Å²) in [5, 5.41) is 0.0480. The van der Waals surface area contributed by atoms with Gasteiger partial charge in [-0.15, -0.1) is 11.8 Å². The third-order valence-electron chi connectivity index (χ3n) is 3.36. The lowest BCUT2D eigenvalue weighted by molar-refractivity contribution is 0.183. The molecular formula is C15H12BrClFNOS. The molecule has 2 unspecified atom stereocenters. The lowest BCUT2D eigenvalue weighted by Crippen LogP contribution is -2.36. The molecule has 0 saturated carbocycles. The van der Waals surface area contributed by atoms with Crippen LogP contribution in [0.5, 0.6) is 5.75 Å². The van der Waals surface area contributed by atoms with Crippen molar-refractivity contribution in [3.05, 3.63) is 57.3 Å². The van der Waals surface area contributed by atoms with E-state index in [1.165, 1.54) is 0 Å². The minimum Gasteiger partial charge on any atom is -0.486 e. The van der Waals surface area contributed by atoms with Crippen LogP contribution in [0.15, 0.2) is 45.8 Å². The largest absolute Gasteiger partial charge is 0.486 e. The van der Waals surface area contributed by atoms with Crippen LogP contribution in [-0.2, 0) is 0 Å². The second kappa shape index (κ2) is 6.16. The number of benzene rings is 2. The fraction of sp³-hybridized carbons (Fsp3) is 0.200. The molecule has 1 aliphatic heterocycles. The fourth-order valence-electron chi connectivity index (χ4n) is 2.21. The van der Waals surface area contributed by atoms with Gasteiger partial charge in [-0.1, -0.05) is 29.8 Å². The van der Waals surface area contributed by atoms with Gasteiger partial charge in [0.1, 0.15) is 17.7 Å². The molecule has 0 aliphatic carbocycles. The van der Waals surface area contributed by atoms with Crippen molar-refractivity contribution >= 4 is 39.3 Å². The summed E-state index contributed by atoms with van der Waals surface area (Å²) in [6, 6.07) is 10.5. The smallest absolute Gasteiger partial charge is 0.147 e. The minimum absolute atomic E-state index is 0.0480. The molecular weight excluding hydrogens is 377 g/mol. The molecule has 2 atom stereocenters. The van der Waals surface area contributed by atoms with Crippen molar-refractivity contribution in [2.75, 3.05) is 5.75 Å². The fourth-order valence-corrected chi connectivity index (χ4v) is 3.74. The van der Waals surface area contributed by atoms with Gasteiger partial charge in [0.15, 0.2) is 0 Å². The van der Waals surface area contributed by atoms with Gasteiger partial charge < -0.3 is 10.5 Å². The topological polar surface area (TPSA) is 35.2 Å². The molecule has 1 aliphatic rings. The number of rotatable bonds is 2. The lowest BCUT2D eigenvalue weighted by Gasteiger charge is -2.30. The second-order valence-electron chi connectivity index (χ2n) is 4.70. The summed E-state index contributed by atoms with van der Waals surface area (Å²) in [6.07, 6.45) is -0.295. The van der Waals surface area contributed by atoms with E-state index in [1.807, 2.05) is 24.3 Å². The molecule has 21 heavy (non-hydrogen) atoms. The molecule has 3 rings (SSSR count). The molecule has 0 saturated heterocycles. The zero-order valence-corrected chi connectivity index (χ0v) is 14.0. The van der Waals surface area contributed by atoms with Crippen LogP contribution in [0.4, 0.5) is 4.39 Å². The zero-order chi connectivity index (χ0) is 15.0. The Bertz CT molecular complexity index is 685. The maximum Gasteiger partial charge on any atom is 0.147 e. The summed E-state index contributed by atoms with van der Waals surface area (Å²) in [5.74, 6) is 0.967. The summed E-state index contributed by atoms with van der Waals surface area (Å²) in [4.78, 5) is 1.08. The second-order valence-corrected chi connectivity index (χ2v) is 7.00. The Labute approximate surface area is 139 Å². The van der Waals surface area contributed by atoms with Gasteiger partial charge in [0.2, 0.25) is 0 Å². The molecule has 0 bridgehead atoms. The molecule has 0 fully saturated rings. The number of fused-ring (bicyclic) bond motifs is 1. The Hall–Kier alpha value is -0.750. The number of hydrogen-bond donors (Lipinski definition) is 1. The van der Waals surface area contributed by atoms with E-state index < -0.39 is 11.9 Å². The predicted octanol–water partition coefficient (Wildman–Crippen LogP) is 4.79. The van der Waals surface area contributed by atoms with Gasteiger partial charge in [-0.05, 0) is 34.1 Å². The van der Waals surface area contributed by atoms with Crippen LogP contribution in [0.25, 0.3) is 0 Å². The monoisotopic (exact) mass is 387 g/mol. The van der Waals surface area contributed by atoms with E-state index in [4.69, 9.17) is 22.1 Å². The van der Waals surface area contributed by atoms with Crippen LogP contribution < -0.4 is 10.5 Å². The van der Waals surface area contributed by atoms with Crippen LogP contribution in [0.3, 0.4) is 0 Å². The van der Waals surface area contributed by atoms with E-state index in [0.717, 1.165) is 10.6 Å². The van der Waals surface area contributed by atoms with Crippen molar-refractivity contribution in [3.8, 4) is 5.75 Å². The highest BCUT2D eigenvalue weighted by molar-refractivity contribution is 9.10. The SMILES string of the molecule is NC(c1ccc(Br)c(Cl)c1F)C1CSc2ccccc2O1. The average molecular weight is 389 g/mol. The van der Waals surface area contributed by atoms with Gasteiger partial charge >= 0.3 is 0 Å². The number of ether oxygens (including phenoxy) is 1. The summed E-state index contributed by atoms with van der Waals surface area (Å²) in [5.41, 5.74) is 6.56. The molecule has 2 nitrogen and oxygen atoms in total. The molecule has 0 aromatic heterocycles. The van der Waals surface area contributed by atoms with Crippen molar-refractivity contribution < 1.29 is 9.13 Å². The van der Waals surface area contributed by atoms with Gasteiger partial charge in [0.25, 0.3) is 0 Å². The van der Waals surface area contributed by atoms with E-state index in [1.54, 1.807) is 23.9 Å². The highest BCUT2D eigenvalue weighted by Crippen LogP contribution is 2.39. The lowest BCUT2D eigenvalue weighted by atomic mass is 10.0. The molecule has 2 aromatic carbocycles. The van der Waals surface area contributed by atoms with Gasteiger partial charge in [0, 0.05) is 20.7 Å². The van der Waals surface area contributed by atoms with Gasteiger partial charge in [0.05, 0.1) is 11.1 Å². The van der Waals surface area contributed by atoms with Crippen molar-refractivity contribution in [1.82, 2.24) is 0 Å². The number of nitrogens with two attached hydrogens (primary N) is 1. The van der Waals surface area contributed by atoms with E-state index in [0.29, 0.717) is 15.8 Å². The number of para-hydroxylation sites is 1. The molecule has 6 heteroatoms. The number of thioether (sulfide) groups is 1. The summed E-state index contributed by atoms with van der Waals surface area (Å²) < 4.78 is 20.7. The van der Waals surface area contributed by atoms with Gasteiger partial charge in [-0.25, -0.2) is 4.39 Å². The van der Waals surface area contributed by atoms with Crippen LogP contribution >= 0.6 is 39.3 Å². The first-order chi connectivity index (χ1) is 10.1. The third-order valence-corrected chi connectivity index (χ3v) is 5.76. The molecule has 0 amide bonds. The summed E-state index contributed by atoms with van der Waals surface area (Å²) >= 11 is 10.8. The van der Waals surface area contributed by atoms with Crippen LogP contribution in [0.1, 0.15) is 11.6 Å². The first-order valence-electron chi connectivity index (χ1n) is 6.35. The standard InChI is InChI=1S/C15H12BrClFNOS/c16-9-6-5-8(14(18)13(9)17)15(19)11-7-21-12-4-2-1-3-10(12)20-11/h1-6,11,15H,7,19H2. The van der Waals surface area contributed by atoms with Gasteiger partial charge in [-0.3, -0.25) is 0 Å². The van der Waals surface area contributed by atoms with E-state index in [-0.39, 0.29) is 11.1 Å². The quantitative estimate of drug-likeness (QED) is 0.751. The Balaban J connectivity index is 1.87. The van der Waals surface area contributed by atoms with Crippen LogP contribution in [0.2, 0.25) is 5.02 Å². The van der Waals surface area contributed by atoms with Crippen molar-refractivity contribution in [2.24, 2.45) is 5.73 Å². The summed E-state index contributed by atoms with van der Waals surface area (Å²) in [6.45, 7) is 0. The first kappa shape index (κ1) is 15.2. The Morgan fingerprint density at radius 1 is 1.33 bits per heavy atom. The van der Waals surface area contributed by atoms with Crippen LogP contribution in [-0.4, -0.2) is 11.9 Å². The number of hydrogen-bond acceptors (Lipinski definition) is 3. The average Bonchev–Trinajstić information content (AvgIpc) is 2.52. The number of halogens is 3. The summed E-state index contributed by atoms with van der Waals surface area (Å²) in [7, 11) is 0. The Kier molecular flexibility index (Phi) is 4.45.